The Bertz CT molecular complexity index is 772. The standard InChI is InChI=1S/C23H31N3O2/c1-14-5-4-6-15(2)21(14)24-20(27)7-16(3)25-26-22(28)23-11-17-8-18(12-23)10-19(9-17)13-23/h4-6,17-19H,7-13H2,1-3H3,(H,24,27)(H,26,28)/b25-16-. The maximum atomic E-state index is 12.9. The van der Waals surface area contributed by atoms with Gasteiger partial charge < -0.3 is 5.32 Å². The first kappa shape index (κ1) is 19.2. The van der Waals surface area contributed by atoms with Crippen LogP contribution in [-0.2, 0) is 9.59 Å². The van der Waals surface area contributed by atoms with Gasteiger partial charge in [0, 0.05) is 11.4 Å². The molecule has 0 aliphatic heterocycles. The quantitative estimate of drug-likeness (QED) is 0.588. The summed E-state index contributed by atoms with van der Waals surface area (Å²) in [6, 6.07) is 5.94. The molecule has 0 spiro atoms. The van der Waals surface area contributed by atoms with Crippen LogP contribution in [0.5, 0.6) is 0 Å². The molecule has 4 fully saturated rings. The number of anilines is 1. The molecule has 4 aliphatic rings. The summed E-state index contributed by atoms with van der Waals surface area (Å²) in [5, 5.41) is 7.24. The number of hydrazone groups is 1. The number of benzene rings is 1. The van der Waals surface area contributed by atoms with E-state index in [1.165, 1.54) is 19.3 Å². The van der Waals surface area contributed by atoms with Crippen molar-refractivity contribution in [1.29, 1.82) is 0 Å². The summed E-state index contributed by atoms with van der Waals surface area (Å²) >= 11 is 0. The molecule has 5 rings (SSSR count). The van der Waals surface area contributed by atoms with Gasteiger partial charge in [0.05, 0.1) is 11.8 Å². The number of aryl methyl sites for hydroxylation is 2. The second kappa shape index (κ2) is 7.34. The van der Waals surface area contributed by atoms with Crippen LogP contribution in [0.3, 0.4) is 0 Å². The van der Waals surface area contributed by atoms with E-state index < -0.39 is 0 Å². The summed E-state index contributed by atoms with van der Waals surface area (Å²) in [6.45, 7) is 5.76. The van der Waals surface area contributed by atoms with Crippen LogP contribution in [0.1, 0.15) is 63.0 Å². The van der Waals surface area contributed by atoms with Crippen molar-refractivity contribution in [3.8, 4) is 0 Å². The molecule has 2 amide bonds. The second-order valence-corrected chi connectivity index (χ2v) is 9.48. The third kappa shape index (κ3) is 3.71. The van der Waals surface area contributed by atoms with Gasteiger partial charge in [-0.25, -0.2) is 5.43 Å². The highest BCUT2D eigenvalue weighted by Crippen LogP contribution is 2.60. The highest BCUT2D eigenvalue weighted by atomic mass is 16.2. The summed E-state index contributed by atoms with van der Waals surface area (Å²) in [7, 11) is 0. The SMILES string of the molecule is C/C(CC(=O)Nc1c(C)cccc1C)=N/NC(=O)C12CC3CC(CC(C3)C1)C2. The number of nitrogens with zero attached hydrogens (tertiary/aromatic N) is 1. The predicted molar refractivity (Wildman–Crippen MR) is 111 cm³/mol. The molecule has 1 aromatic carbocycles. The van der Waals surface area contributed by atoms with E-state index in [0.717, 1.165) is 53.8 Å². The summed E-state index contributed by atoms with van der Waals surface area (Å²) in [4.78, 5) is 25.3. The first-order chi connectivity index (χ1) is 13.3. The van der Waals surface area contributed by atoms with Gasteiger partial charge in [0.1, 0.15) is 0 Å². The number of carbonyl (C=O) groups excluding carboxylic acids is 2. The molecule has 28 heavy (non-hydrogen) atoms. The van der Waals surface area contributed by atoms with Gasteiger partial charge in [-0.15, -0.1) is 0 Å². The number of carbonyl (C=O) groups is 2. The Hall–Kier alpha value is -2.17. The van der Waals surface area contributed by atoms with Gasteiger partial charge in [0.15, 0.2) is 0 Å². The van der Waals surface area contributed by atoms with Gasteiger partial charge in [-0.2, -0.15) is 5.10 Å². The topological polar surface area (TPSA) is 70.6 Å². The lowest BCUT2D eigenvalue weighted by molar-refractivity contribution is -0.146. The van der Waals surface area contributed by atoms with E-state index in [9.17, 15) is 9.59 Å². The highest BCUT2D eigenvalue weighted by molar-refractivity contribution is 6.06. The van der Waals surface area contributed by atoms with E-state index in [-0.39, 0.29) is 23.7 Å². The zero-order chi connectivity index (χ0) is 19.9. The third-order valence-corrected chi connectivity index (χ3v) is 7.03. The Morgan fingerprint density at radius 1 is 1.04 bits per heavy atom. The largest absolute Gasteiger partial charge is 0.325 e. The molecule has 5 nitrogen and oxygen atoms in total. The molecular weight excluding hydrogens is 350 g/mol. The predicted octanol–water partition coefficient (Wildman–Crippen LogP) is 4.34. The van der Waals surface area contributed by atoms with Crippen LogP contribution in [0.4, 0.5) is 5.69 Å². The van der Waals surface area contributed by atoms with E-state index in [2.05, 4.69) is 15.8 Å². The first-order valence-electron chi connectivity index (χ1n) is 10.5. The lowest BCUT2D eigenvalue weighted by atomic mass is 9.49. The van der Waals surface area contributed by atoms with Crippen LogP contribution in [0.15, 0.2) is 23.3 Å². The lowest BCUT2D eigenvalue weighted by Gasteiger charge is -2.55. The Morgan fingerprint density at radius 3 is 2.11 bits per heavy atom. The van der Waals surface area contributed by atoms with E-state index >= 15 is 0 Å². The average Bonchev–Trinajstić information content (AvgIpc) is 2.61. The second-order valence-electron chi connectivity index (χ2n) is 9.48. The molecule has 1 aromatic rings. The molecule has 2 N–H and O–H groups in total. The fourth-order valence-electron chi connectivity index (χ4n) is 6.12. The number of hydrogen-bond acceptors (Lipinski definition) is 3. The maximum Gasteiger partial charge on any atom is 0.246 e. The van der Waals surface area contributed by atoms with Crippen molar-refractivity contribution in [2.24, 2.45) is 28.3 Å². The Kier molecular flexibility index (Phi) is 5.02. The number of nitrogens with one attached hydrogen (secondary N) is 2. The van der Waals surface area contributed by atoms with Crippen molar-refractivity contribution in [3.05, 3.63) is 29.3 Å². The van der Waals surface area contributed by atoms with Gasteiger partial charge in [0.25, 0.3) is 0 Å². The molecule has 0 aromatic heterocycles. The molecule has 150 valence electrons. The molecular formula is C23H31N3O2. The summed E-state index contributed by atoms with van der Waals surface area (Å²) in [5.41, 5.74) is 6.16. The summed E-state index contributed by atoms with van der Waals surface area (Å²) in [5.74, 6) is 2.14. The Morgan fingerprint density at radius 2 is 1.57 bits per heavy atom. The average molecular weight is 382 g/mol. The molecule has 0 heterocycles. The number of hydrogen-bond donors (Lipinski definition) is 2. The minimum absolute atomic E-state index is 0.0705. The highest BCUT2D eigenvalue weighted by Gasteiger charge is 2.54. The van der Waals surface area contributed by atoms with Crippen molar-refractivity contribution in [3.63, 3.8) is 0 Å². The summed E-state index contributed by atoms with van der Waals surface area (Å²) < 4.78 is 0. The van der Waals surface area contributed by atoms with Gasteiger partial charge in [-0.1, -0.05) is 18.2 Å². The molecule has 0 unspecified atom stereocenters. The zero-order valence-electron chi connectivity index (χ0n) is 17.2. The molecule has 0 radical (unpaired) electrons. The molecule has 4 aliphatic carbocycles. The van der Waals surface area contributed by atoms with Gasteiger partial charge in [-0.05, 0) is 88.2 Å². The normalized spacial score (nSPS) is 31.0. The fourth-order valence-corrected chi connectivity index (χ4v) is 6.12. The van der Waals surface area contributed by atoms with Crippen LogP contribution < -0.4 is 10.7 Å². The van der Waals surface area contributed by atoms with E-state index in [1.807, 2.05) is 32.0 Å². The van der Waals surface area contributed by atoms with Gasteiger partial charge in [-0.3, -0.25) is 9.59 Å². The van der Waals surface area contributed by atoms with Gasteiger partial charge in [0.2, 0.25) is 11.8 Å². The molecule has 0 atom stereocenters. The smallest absolute Gasteiger partial charge is 0.246 e. The third-order valence-electron chi connectivity index (χ3n) is 7.03. The monoisotopic (exact) mass is 381 g/mol. The van der Waals surface area contributed by atoms with Crippen molar-refractivity contribution >= 4 is 23.2 Å². The van der Waals surface area contributed by atoms with E-state index in [1.54, 1.807) is 6.92 Å². The van der Waals surface area contributed by atoms with Crippen molar-refractivity contribution in [1.82, 2.24) is 5.43 Å². The van der Waals surface area contributed by atoms with Crippen LogP contribution in [0, 0.1) is 37.0 Å². The molecule has 4 bridgehead atoms. The van der Waals surface area contributed by atoms with Crippen molar-refractivity contribution in [2.45, 2.75) is 65.7 Å². The first-order valence-corrected chi connectivity index (χ1v) is 10.5. The van der Waals surface area contributed by atoms with Crippen molar-refractivity contribution < 1.29 is 9.59 Å². The zero-order valence-corrected chi connectivity index (χ0v) is 17.2. The Balaban J connectivity index is 1.34. The molecule has 0 saturated heterocycles. The molecule has 4 saturated carbocycles. The Labute approximate surface area is 167 Å². The van der Waals surface area contributed by atoms with Crippen LogP contribution in [-0.4, -0.2) is 17.5 Å². The number of para-hydroxylation sites is 1. The van der Waals surface area contributed by atoms with Crippen LogP contribution in [0.25, 0.3) is 0 Å². The van der Waals surface area contributed by atoms with Crippen molar-refractivity contribution in [2.75, 3.05) is 5.32 Å². The van der Waals surface area contributed by atoms with Gasteiger partial charge >= 0.3 is 0 Å². The van der Waals surface area contributed by atoms with Crippen LogP contribution >= 0.6 is 0 Å². The number of rotatable bonds is 5. The summed E-state index contributed by atoms with van der Waals surface area (Å²) in [6.07, 6.45) is 7.17. The minimum Gasteiger partial charge on any atom is -0.325 e. The number of amides is 2. The minimum atomic E-state index is -0.209. The maximum absolute atomic E-state index is 12.9. The van der Waals surface area contributed by atoms with E-state index in [4.69, 9.17) is 0 Å². The fraction of sp³-hybridized carbons (Fsp3) is 0.609. The van der Waals surface area contributed by atoms with Crippen LogP contribution in [0.2, 0.25) is 0 Å². The lowest BCUT2D eigenvalue weighted by Crippen LogP contribution is -2.52. The van der Waals surface area contributed by atoms with E-state index in [0.29, 0.717) is 5.71 Å². The molecule has 5 heteroatoms.